The molecule has 1 unspecified atom stereocenters. The summed E-state index contributed by atoms with van der Waals surface area (Å²) in [5.41, 5.74) is 0. The van der Waals surface area contributed by atoms with Crippen molar-refractivity contribution in [2.45, 2.75) is 64.0 Å². The van der Waals surface area contributed by atoms with E-state index in [0.29, 0.717) is 25.1 Å². The number of aliphatic imine (C=N–C) groups is 1. The van der Waals surface area contributed by atoms with E-state index in [2.05, 4.69) is 27.3 Å². The highest BCUT2D eigenvalue weighted by molar-refractivity contribution is 7.89. The molecule has 0 aromatic heterocycles. The number of hydrogen-bond acceptors (Lipinski definition) is 4. The molecule has 1 aliphatic heterocycles. The van der Waals surface area contributed by atoms with Gasteiger partial charge in [0.1, 0.15) is 0 Å². The van der Waals surface area contributed by atoms with Crippen molar-refractivity contribution in [2.75, 3.05) is 32.5 Å². The summed E-state index contributed by atoms with van der Waals surface area (Å²) in [6, 6.07) is 0.431. The Morgan fingerprint density at radius 1 is 1.16 bits per heavy atom. The minimum absolute atomic E-state index is 0.0135. The summed E-state index contributed by atoms with van der Waals surface area (Å²) >= 11 is 0. The number of nitrogens with zero attached hydrogens (tertiary/aromatic N) is 1. The average molecular weight is 375 g/mol. The standard InChI is InChI=1S/C17H34N4O3S/c1-14-6-8-15(9-7-14)21-17(18-2)19-10-12-25(22,23)20-13-16-5-3-4-11-24-16/h14-16,20H,3-13H2,1-2H3,(H2,18,19,21). The Hall–Kier alpha value is -0.860. The van der Waals surface area contributed by atoms with E-state index in [-0.39, 0.29) is 11.9 Å². The molecule has 2 aliphatic rings. The minimum atomic E-state index is -3.30. The van der Waals surface area contributed by atoms with Gasteiger partial charge in [0.25, 0.3) is 0 Å². The van der Waals surface area contributed by atoms with Crippen LogP contribution in [0.5, 0.6) is 0 Å². The van der Waals surface area contributed by atoms with Gasteiger partial charge in [-0.15, -0.1) is 0 Å². The van der Waals surface area contributed by atoms with Gasteiger partial charge in [-0.25, -0.2) is 13.1 Å². The quantitative estimate of drug-likeness (QED) is 0.460. The Kier molecular flexibility index (Phi) is 8.45. The Balaban J connectivity index is 1.64. The molecular formula is C17H34N4O3S. The Bertz CT molecular complexity index is 510. The third-order valence-electron chi connectivity index (χ3n) is 5.05. The first-order valence-corrected chi connectivity index (χ1v) is 11.2. The van der Waals surface area contributed by atoms with E-state index in [1.165, 1.54) is 12.8 Å². The van der Waals surface area contributed by atoms with E-state index >= 15 is 0 Å². The van der Waals surface area contributed by atoms with E-state index in [0.717, 1.165) is 44.6 Å². The van der Waals surface area contributed by atoms with E-state index in [1.807, 2.05) is 0 Å². The molecule has 25 heavy (non-hydrogen) atoms. The van der Waals surface area contributed by atoms with Crippen LogP contribution in [-0.4, -0.2) is 59.0 Å². The van der Waals surface area contributed by atoms with Gasteiger partial charge in [0, 0.05) is 32.8 Å². The van der Waals surface area contributed by atoms with Crippen LogP contribution in [0.1, 0.15) is 51.9 Å². The highest BCUT2D eigenvalue weighted by atomic mass is 32.2. The van der Waals surface area contributed by atoms with Crippen LogP contribution < -0.4 is 15.4 Å². The van der Waals surface area contributed by atoms with Gasteiger partial charge in [0.05, 0.1) is 11.9 Å². The van der Waals surface area contributed by atoms with Crippen molar-refractivity contribution in [1.29, 1.82) is 0 Å². The van der Waals surface area contributed by atoms with Crippen molar-refractivity contribution in [3.05, 3.63) is 0 Å². The van der Waals surface area contributed by atoms with Gasteiger partial charge in [0.2, 0.25) is 10.0 Å². The van der Waals surface area contributed by atoms with Crippen molar-refractivity contribution in [3.63, 3.8) is 0 Å². The molecule has 0 amide bonds. The normalized spacial score (nSPS) is 28.6. The third kappa shape index (κ3) is 7.92. The van der Waals surface area contributed by atoms with Gasteiger partial charge in [0.15, 0.2) is 5.96 Å². The molecular weight excluding hydrogens is 340 g/mol. The first kappa shape index (κ1) is 20.5. The summed E-state index contributed by atoms with van der Waals surface area (Å²) in [6.45, 7) is 3.73. The number of sulfonamides is 1. The second kappa shape index (κ2) is 10.3. The molecule has 1 aliphatic carbocycles. The molecule has 1 atom stereocenters. The van der Waals surface area contributed by atoms with Crippen molar-refractivity contribution in [1.82, 2.24) is 15.4 Å². The van der Waals surface area contributed by atoms with E-state index in [9.17, 15) is 8.42 Å². The van der Waals surface area contributed by atoms with Gasteiger partial charge in [-0.05, 0) is 50.9 Å². The van der Waals surface area contributed by atoms with Crippen molar-refractivity contribution in [2.24, 2.45) is 10.9 Å². The molecule has 146 valence electrons. The molecule has 0 spiro atoms. The maximum absolute atomic E-state index is 12.1. The zero-order valence-corrected chi connectivity index (χ0v) is 16.4. The summed E-state index contributed by atoms with van der Waals surface area (Å²) in [5.74, 6) is 1.52. The number of rotatable bonds is 7. The van der Waals surface area contributed by atoms with E-state index in [1.54, 1.807) is 7.05 Å². The van der Waals surface area contributed by atoms with Crippen LogP contribution in [0.25, 0.3) is 0 Å². The molecule has 1 heterocycles. The third-order valence-corrected chi connectivity index (χ3v) is 6.40. The number of nitrogens with one attached hydrogen (secondary N) is 3. The van der Waals surface area contributed by atoms with Gasteiger partial charge in [-0.3, -0.25) is 4.99 Å². The molecule has 1 saturated carbocycles. The first-order valence-electron chi connectivity index (χ1n) is 9.54. The van der Waals surface area contributed by atoms with Crippen LogP contribution >= 0.6 is 0 Å². The van der Waals surface area contributed by atoms with Crippen LogP contribution in [0, 0.1) is 5.92 Å². The highest BCUT2D eigenvalue weighted by Crippen LogP contribution is 2.23. The average Bonchev–Trinajstić information content (AvgIpc) is 2.62. The maximum Gasteiger partial charge on any atom is 0.213 e. The van der Waals surface area contributed by atoms with Crippen molar-refractivity contribution >= 4 is 16.0 Å². The number of hydrogen-bond donors (Lipinski definition) is 3. The smallest absolute Gasteiger partial charge is 0.213 e. The molecule has 2 rings (SSSR count). The lowest BCUT2D eigenvalue weighted by Crippen LogP contribution is -2.46. The van der Waals surface area contributed by atoms with Gasteiger partial charge < -0.3 is 15.4 Å². The molecule has 2 fully saturated rings. The second-order valence-corrected chi connectivity index (χ2v) is 9.18. The van der Waals surface area contributed by atoms with Gasteiger partial charge in [-0.2, -0.15) is 0 Å². The van der Waals surface area contributed by atoms with Crippen LogP contribution in [0.15, 0.2) is 4.99 Å². The SMILES string of the molecule is CN=C(NCCS(=O)(=O)NCC1CCCCO1)NC1CCC(C)CC1. The summed E-state index contributed by atoms with van der Waals surface area (Å²) in [5, 5.41) is 6.51. The predicted octanol–water partition coefficient (Wildman–Crippen LogP) is 1.22. The Morgan fingerprint density at radius 3 is 2.56 bits per heavy atom. The van der Waals surface area contributed by atoms with Crippen LogP contribution in [0.3, 0.4) is 0 Å². The molecule has 1 saturated heterocycles. The maximum atomic E-state index is 12.1. The van der Waals surface area contributed by atoms with Gasteiger partial charge in [-0.1, -0.05) is 6.92 Å². The zero-order valence-electron chi connectivity index (χ0n) is 15.6. The fourth-order valence-corrected chi connectivity index (χ4v) is 4.31. The monoisotopic (exact) mass is 374 g/mol. The highest BCUT2D eigenvalue weighted by Gasteiger charge is 2.20. The van der Waals surface area contributed by atoms with Crippen LogP contribution in [0.2, 0.25) is 0 Å². The molecule has 0 aromatic rings. The zero-order chi connectivity index (χ0) is 18.1. The first-order chi connectivity index (χ1) is 12.0. The molecule has 0 bridgehead atoms. The van der Waals surface area contributed by atoms with Crippen LogP contribution in [-0.2, 0) is 14.8 Å². The summed E-state index contributed by atoms with van der Waals surface area (Å²) in [7, 11) is -1.58. The van der Waals surface area contributed by atoms with Crippen molar-refractivity contribution < 1.29 is 13.2 Å². The summed E-state index contributed by atoms with van der Waals surface area (Å²) in [6.07, 6.45) is 7.87. The largest absolute Gasteiger partial charge is 0.377 e. The molecule has 3 N–H and O–H groups in total. The summed E-state index contributed by atoms with van der Waals surface area (Å²) in [4.78, 5) is 4.20. The lowest BCUT2D eigenvalue weighted by molar-refractivity contribution is 0.0200. The molecule has 8 heteroatoms. The number of guanidine groups is 1. The lowest BCUT2D eigenvalue weighted by Gasteiger charge is -2.28. The fourth-order valence-electron chi connectivity index (χ4n) is 3.36. The van der Waals surface area contributed by atoms with E-state index < -0.39 is 10.0 Å². The molecule has 0 radical (unpaired) electrons. The van der Waals surface area contributed by atoms with Crippen LogP contribution in [0.4, 0.5) is 0 Å². The van der Waals surface area contributed by atoms with Gasteiger partial charge >= 0.3 is 0 Å². The minimum Gasteiger partial charge on any atom is -0.377 e. The summed E-state index contributed by atoms with van der Waals surface area (Å²) < 4.78 is 32.4. The fraction of sp³-hybridized carbons (Fsp3) is 0.941. The Morgan fingerprint density at radius 2 is 1.92 bits per heavy atom. The molecule has 7 nitrogen and oxygen atoms in total. The Labute approximate surface area is 152 Å². The predicted molar refractivity (Wildman–Crippen MR) is 101 cm³/mol. The van der Waals surface area contributed by atoms with Crippen molar-refractivity contribution in [3.8, 4) is 0 Å². The topological polar surface area (TPSA) is 91.8 Å². The lowest BCUT2D eigenvalue weighted by atomic mass is 9.87. The number of ether oxygens (including phenoxy) is 1. The molecule has 0 aromatic carbocycles. The van der Waals surface area contributed by atoms with E-state index in [4.69, 9.17) is 4.74 Å². The second-order valence-electron chi connectivity index (χ2n) is 7.26.